The number of nitrogens with one attached hydrogen (secondary N) is 1. The van der Waals surface area contributed by atoms with E-state index < -0.39 is 10.0 Å². The number of thiazole rings is 1. The number of amides is 1. The molecule has 116 valence electrons. The zero-order valence-electron chi connectivity index (χ0n) is 11.9. The summed E-state index contributed by atoms with van der Waals surface area (Å²) < 4.78 is 25.1. The van der Waals surface area contributed by atoms with Gasteiger partial charge in [0.25, 0.3) is 5.91 Å². The van der Waals surface area contributed by atoms with Gasteiger partial charge >= 0.3 is 0 Å². The van der Waals surface area contributed by atoms with Crippen molar-refractivity contribution < 1.29 is 13.2 Å². The molecule has 0 aliphatic carbocycles. The first-order valence-electron chi connectivity index (χ1n) is 6.80. The Labute approximate surface area is 132 Å². The highest BCUT2D eigenvalue weighted by Crippen LogP contribution is 2.24. The quantitative estimate of drug-likeness (QED) is 0.931. The third-order valence-electron chi connectivity index (χ3n) is 3.36. The van der Waals surface area contributed by atoms with Crippen LogP contribution in [0, 0.1) is 6.92 Å². The van der Waals surface area contributed by atoms with E-state index in [0.29, 0.717) is 29.3 Å². The van der Waals surface area contributed by atoms with Crippen LogP contribution in [0.2, 0.25) is 0 Å². The van der Waals surface area contributed by atoms with Crippen LogP contribution in [0.3, 0.4) is 0 Å². The number of hydrogen-bond donors (Lipinski definition) is 1. The van der Waals surface area contributed by atoms with Gasteiger partial charge in [-0.15, -0.1) is 11.3 Å². The Morgan fingerprint density at radius 2 is 2.05 bits per heavy atom. The average Bonchev–Trinajstić information content (AvgIpc) is 3.04. The Balaban J connectivity index is 1.75. The molecule has 0 radical (unpaired) electrons. The van der Waals surface area contributed by atoms with Gasteiger partial charge in [-0.05, 0) is 37.6 Å². The highest BCUT2D eigenvalue weighted by molar-refractivity contribution is 7.93. The van der Waals surface area contributed by atoms with Gasteiger partial charge in [-0.3, -0.25) is 14.4 Å². The number of aromatic nitrogens is 1. The second-order valence-electron chi connectivity index (χ2n) is 5.04. The van der Waals surface area contributed by atoms with Crippen LogP contribution in [-0.2, 0) is 10.0 Å². The van der Waals surface area contributed by atoms with E-state index in [9.17, 15) is 13.2 Å². The van der Waals surface area contributed by atoms with Crippen molar-refractivity contribution in [2.45, 2.75) is 13.3 Å². The van der Waals surface area contributed by atoms with Crippen molar-refractivity contribution in [1.82, 2.24) is 4.98 Å². The molecular formula is C14H15N3O3S2. The molecule has 1 N–H and O–H groups in total. The monoisotopic (exact) mass is 337 g/mol. The fourth-order valence-corrected chi connectivity index (χ4v) is 4.54. The maximum absolute atomic E-state index is 12.1. The second kappa shape index (κ2) is 5.69. The van der Waals surface area contributed by atoms with Crippen LogP contribution in [0.4, 0.5) is 10.8 Å². The SMILES string of the molecule is Cc1csc(NC(=O)c2ccc(N3CCCS3(=O)=O)cc2)n1. The molecule has 2 heterocycles. The van der Waals surface area contributed by atoms with Crippen molar-refractivity contribution in [3.05, 3.63) is 40.9 Å². The van der Waals surface area contributed by atoms with Crippen molar-refractivity contribution in [3.63, 3.8) is 0 Å². The molecule has 0 atom stereocenters. The number of nitrogens with zero attached hydrogens (tertiary/aromatic N) is 2. The Hall–Kier alpha value is -1.93. The van der Waals surface area contributed by atoms with E-state index in [2.05, 4.69) is 10.3 Å². The molecule has 0 spiro atoms. The summed E-state index contributed by atoms with van der Waals surface area (Å²) in [6.45, 7) is 2.35. The zero-order chi connectivity index (χ0) is 15.7. The summed E-state index contributed by atoms with van der Waals surface area (Å²) in [6, 6.07) is 6.56. The van der Waals surface area contributed by atoms with Crippen molar-refractivity contribution in [1.29, 1.82) is 0 Å². The average molecular weight is 337 g/mol. The number of rotatable bonds is 3. The van der Waals surface area contributed by atoms with Crippen molar-refractivity contribution in [3.8, 4) is 0 Å². The Bertz CT molecular complexity index is 797. The number of anilines is 2. The summed E-state index contributed by atoms with van der Waals surface area (Å²) in [5, 5.41) is 5.13. The van der Waals surface area contributed by atoms with Gasteiger partial charge < -0.3 is 0 Å². The number of carbonyl (C=O) groups is 1. The van der Waals surface area contributed by atoms with E-state index in [0.717, 1.165) is 5.69 Å². The minimum Gasteiger partial charge on any atom is -0.298 e. The van der Waals surface area contributed by atoms with Gasteiger partial charge in [-0.2, -0.15) is 0 Å². The van der Waals surface area contributed by atoms with Crippen LogP contribution in [0.1, 0.15) is 22.5 Å². The predicted octanol–water partition coefficient (Wildman–Crippen LogP) is 2.24. The lowest BCUT2D eigenvalue weighted by molar-refractivity contribution is 0.102. The van der Waals surface area contributed by atoms with Crippen LogP contribution in [-0.4, -0.2) is 31.6 Å². The first-order valence-corrected chi connectivity index (χ1v) is 9.28. The Morgan fingerprint density at radius 3 is 2.59 bits per heavy atom. The van der Waals surface area contributed by atoms with Crippen LogP contribution in [0.5, 0.6) is 0 Å². The molecule has 2 aromatic rings. The number of benzene rings is 1. The summed E-state index contributed by atoms with van der Waals surface area (Å²) in [4.78, 5) is 16.3. The third kappa shape index (κ3) is 2.97. The molecule has 3 rings (SSSR count). The summed E-state index contributed by atoms with van der Waals surface area (Å²) in [5.41, 5.74) is 1.92. The first-order chi connectivity index (χ1) is 10.5. The smallest absolute Gasteiger partial charge is 0.257 e. The van der Waals surface area contributed by atoms with Crippen LogP contribution >= 0.6 is 11.3 Å². The first kappa shape index (κ1) is 15.0. The largest absolute Gasteiger partial charge is 0.298 e. The van der Waals surface area contributed by atoms with Gasteiger partial charge in [-0.1, -0.05) is 0 Å². The minimum absolute atomic E-state index is 0.179. The maximum Gasteiger partial charge on any atom is 0.257 e. The standard InChI is InChI=1S/C14H15N3O3S2/c1-10-9-21-14(15-10)16-13(18)11-3-5-12(6-4-11)17-7-2-8-22(17,19)20/h3-6,9H,2,7-8H2,1H3,(H,15,16,18). The molecule has 0 bridgehead atoms. The highest BCUT2D eigenvalue weighted by atomic mass is 32.2. The molecule has 1 aliphatic heterocycles. The highest BCUT2D eigenvalue weighted by Gasteiger charge is 2.28. The van der Waals surface area contributed by atoms with Gasteiger partial charge in [0, 0.05) is 17.5 Å². The molecule has 1 amide bonds. The summed E-state index contributed by atoms with van der Waals surface area (Å²) in [5.74, 6) is -0.0799. The molecule has 0 unspecified atom stereocenters. The van der Waals surface area contributed by atoms with Gasteiger partial charge in [0.05, 0.1) is 17.1 Å². The van der Waals surface area contributed by atoms with Gasteiger partial charge in [0.1, 0.15) is 0 Å². The Kier molecular flexibility index (Phi) is 3.88. The fourth-order valence-electron chi connectivity index (χ4n) is 2.29. The second-order valence-corrected chi connectivity index (χ2v) is 7.91. The minimum atomic E-state index is -3.19. The Morgan fingerprint density at radius 1 is 1.32 bits per heavy atom. The van der Waals surface area contributed by atoms with E-state index in [-0.39, 0.29) is 11.7 Å². The van der Waals surface area contributed by atoms with Gasteiger partial charge in [0.2, 0.25) is 10.0 Å². The topological polar surface area (TPSA) is 79.4 Å². The summed E-state index contributed by atoms with van der Waals surface area (Å²) in [6.07, 6.45) is 0.633. The molecule has 1 aliphatic rings. The molecule has 1 aromatic carbocycles. The predicted molar refractivity (Wildman–Crippen MR) is 87.0 cm³/mol. The summed E-state index contributed by atoms with van der Waals surface area (Å²) >= 11 is 1.37. The van der Waals surface area contributed by atoms with E-state index in [1.807, 2.05) is 12.3 Å². The van der Waals surface area contributed by atoms with E-state index in [1.165, 1.54) is 15.6 Å². The third-order valence-corrected chi connectivity index (χ3v) is 6.10. The van der Waals surface area contributed by atoms with Gasteiger partial charge in [0.15, 0.2) is 5.13 Å². The van der Waals surface area contributed by atoms with E-state index in [4.69, 9.17) is 0 Å². The number of aryl methyl sites for hydroxylation is 1. The number of carbonyl (C=O) groups excluding carboxylic acids is 1. The molecule has 8 heteroatoms. The number of sulfonamides is 1. The lowest BCUT2D eigenvalue weighted by Crippen LogP contribution is -2.25. The molecule has 0 saturated carbocycles. The fraction of sp³-hybridized carbons (Fsp3) is 0.286. The molecular weight excluding hydrogens is 322 g/mol. The van der Waals surface area contributed by atoms with E-state index >= 15 is 0 Å². The lowest BCUT2D eigenvalue weighted by atomic mass is 10.2. The number of hydrogen-bond acceptors (Lipinski definition) is 5. The summed E-state index contributed by atoms with van der Waals surface area (Å²) in [7, 11) is -3.19. The molecule has 6 nitrogen and oxygen atoms in total. The van der Waals surface area contributed by atoms with Gasteiger partial charge in [-0.25, -0.2) is 13.4 Å². The van der Waals surface area contributed by atoms with Crippen molar-refractivity contribution in [2.75, 3.05) is 21.9 Å². The molecule has 1 fully saturated rings. The lowest BCUT2D eigenvalue weighted by Gasteiger charge is -2.16. The van der Waals surface area contributed by atoms with Crippen LogP contribution in [0.25, 0.3) is 0 Å². The molecule has 22 heavy (non-hydrogen) atoms. The van der Waals surface area contributed by atoms with E-state index in [1.54, 1.807) is 24.3 Å². The zero-order valence-corrected chi connectivity index (χ0v) is 13.6. The van der Waals surface area contributed by atoms with Crippen LogP contribution < -0.4 is 9.62 Å². The van der Waals surface area contributed by atoms with Crippen molar-refractivity contribution in [2.24, 2.45) is 0 Å². The maximum atomic E-state index is 12.1. The van der Waals surface area contributed by atoms with Crippen molar-refractivity contribution >= 4 is 38.1 Å². The van der Waals surface area contributed by atoms with Crippen LogP contribution in [0.15, 0.2) is 29.6 Å². The molecule has 1 saturated heterocycles. The molecule has 1 aromatic heterocycles. The normalized spacial score (nSPS) is 16.7.